The zero-order chi connectivity index (χ0) is 12.5. The molecule has 1 nitrogen and oxygen atoms in total. The van der Waals surface area contributed by atoms with E-state index in [1.165, 1.54) is 32.1 Å². The maximum atomic E-state index is 4.85. The molecule has 3 aliphatic carbocycles. The SMILES string of the molecule is C[N-]C1(C)CCCC2(C)CCC3C(C21)C3(C)C. The fourth-order valence-corrected chi connectivity index (χ4v) is 5.75. The Hall–Kier alpha value is -0.0400. The molecule has 0 amide bonds. The van der Waals surface area contributed by atoms with Gasteiger partial charge in [0.1, 0.15) is 0 Å². The number of hydrogen-bond donors (Lipinski definition) is 0. The van der Waals surface area contributed by atoms with Crippen LogP contribution in [0.15, 0.2) is 0 Å². The lowest BCUT2D eigenvalue weighted by atomic mass is 9.53. The highest BCUT2D eigenvalue weighted by atomic mass is 15.0. The van der Waals surface area contributed by atoms with Crippen LogP contribution < -0.4 is 0 Å². The molecule has 5 atom stereocenters. The summed E-state index contributed by atoms with van der Waals surface area (Å²) in [7, 11) is 2.06. The van der Waals surface area contributed by atoms with Crippen LogP contribution in [-0.2, 0) is 0 Å². The lowest BCUT2D eigenvalue weighted by Gasteiger charge is -2.61. The maximum absolute atomic E-state index is 4.85. The van der Waals surface area contributed by atoms with Crippen molar-refractivity contribution in [2.75, 3.05) is 7.05 Å². The Kier molecular flexibility index (Phi) is 2.32. The molecule has 3 rings (SSSR count). The van der Waals surface area contributed by atoms with Crippen LogP contribution in [0.4, 0.5) is 0 Å². The molecule has 17 heavy (non-hydrogen) atoms. The van der Waals surface area contributed by atoms with Crippen molar-refractivity contribution in [1.29, 1.82) is 0 Å². The van der Waals surface area contributed by atoms with Crippen LogP contribution >= 0.6 is 0 Å². The van der Waals surface area contributed by atoms with Gasteiger partial charge in [0.15, 0.2) is 0 Å². The summed E-state index contributed by atoms with van der Waals surface area (Å²) in [6.45, 7) is 9.99. The van der Waals surface area contributed by atoms with E-state index in [2.05, 4.69) is 34.7 Å². The second-order valence-corrected chi connectivity index (χ2v) is 8.06. The smallest absolute Gasteiger partial charge is 0.0289 e. The summed E-state index contributed by atoms with van der Waals surface area (Å²) in [5.74, 6) is 2.80. The van der Waals surface area contributed by atoms with Crippen molar-refractivity contribution in [2.24, 2.45) is 28.6 Å². The van der Waals surface area contributed by atoms with Gasteiger partial charge < -0.3 is 5.32 Å². The summed E-state index contributed by atoms with van der Waals surface area (Å²) in [4.78, 5) is 0. The Morgan fingerprint density at radius 1 is 1.00 bits per heavy atom. The third-order valence-electron chi connectivity index (χ3n) is 6.89. The van der Waals surface area contributed by atoms with Gasteiger partial charge >= 0.3 is 0 Å². The van der Waals surface area contributed by atoms with Crippen LogP contribution in [-0.4, -0.2) is 12.6 Å². The van der Waals surface area contributed by atoms with E-state index in [4.69, 9.17) is 5.32 Å². The molecular weight excluding hydrogens is 206 g/mol. The molecule has 5 unspecified atom stereocenters. The Labute approximate surface area is 107 Å². The van der Waals surface area contributed by atoms with E-state index in [0.717, 1.165) is 17.8 Å². The predicted molar refractivity (Wildman–Crippen MR) is 73.1 cm³/mol. The normalized spacial score (nSPS) is 55.9. The first kappa shape index (κ1) is 12.0. The van der Waals surface area contributed by atoms with Gasteiger partial charge in [-0.2, -0.15) is 7.05 Å². The minimum absolute atomic E-state index is 0.268. The molecular formula is C16H28N-. The molecule has 0 aromatic heterocycles. The zero-order valence-electron chi connectivity index (χ0n) is 12.2. The number of hydrogen-bond acceptors (Lipinski definition) is 0. The van der Waals surface area contributed by atoms with Gasteiger partial charge in [-0.25, -0.2) is 0 Å². The first-order chi connectivity index (χ1) is 7.85. The Morgan fingerprint density at radius 2 is 1.71 bits per heavy atom. The van der Waals surface area contributed by atoms with Crippen molar-refractivity contribution >= 4 is 0 Å². The standard InChI is InChI=1S/C16H28N/c1-14(2)11-7-10-15(3)8-6-9-16(4,17-5)13(15)12(11)14/h11-13H,6-10H2,1-5H3/q-1. The summed E-state index contributed by atoms with van der Waals surface area (Å²) in [6.07, 6.45) is 7.08. The molecule has 0 N–H and O–H groups in total. The highest BCUT2D eigenvalue weighted by Gasteiger charge is 2.68. The largest absolute Gasteiger partial charge is 0.659 e. The average Bonchev–Trinajstić information content (AvgIpc) is 2.80. The fraction of sp³-hybridized carbons (Fsp3) is 1.00. The van der Waals surface area contributed by atoms with Gasteiger partial charge in [-0.3, -0.25) is 0 Å². The Morgan fingerprint density at radius 3 is 2.35 bits per heavy atom. The van der Waals surface area contributed by atoms with Crippen molar-refractivity contribution in [3.8, 4) is 0 Å². The summed E-state index contributed by atoms with van der Waals surface area (Å²) in [5.41, 5.74) is 1.46. The molecule has 0 spiro atoms. The first-order valence-corrected chi connectivity index (χ1v) is 7.46. The first-order valence-electron chi connectivity index (χ1n) is 7.46. The zero-order valence-corrected chi connectivity index (χ0v) is 12.2. The van der Waals surface area contributed by atoms with Crippen LogP contribution in [0.5, 0.6) is 0 Å². The second kappa shape index (κ2) is 3.29. The van der Waals surface area contributed by atoms with E-state index in [0.29, 0.717) is 10.8 Å². The van der Waals surface area contributed by atoms with Gasteiger partial charge in [0.2, 0.25) is 0 Å². The van der Waals surface area contributed by atoms with E-state index >= 15 is 0 Å². The predicted octanol–water partition coefficient (Wildman–Crippen LogP) is 4.62. The summed E-state index contributed by atoms with van der Waals surface area (Å²) < 4.78 is 0. The third kappa shape index (κ3) is 1.41. The number of nitrogens with zero attached hydrogens (tertiary/aromatic N) is 1. The quantitative estimate of drug-likeness (QED) is 0.628. The molecule has 3 saturated carbocycles. The average molecular weight is 234 g/mol. The Balaban J connectivity index is 1.98. The second-order valence-electron chi connectivity index (χ2n) is 8.06. The summed E-state index contributed by atoms with van der Waals surface area (Å²) >= 11 is 0. The van der Waals surface area contributed by atoms with Crippen LogP contribution in [0.2, 0.25) is 0 Å². The molecule has 0 bridgehead atoms. The third-order valence-corrected chi connectivity index (χ3v) is 6.89. The van der Waals surface area contributed by atoms with Crippen molar-refractivity contribution < 1.29 is 0 Å². The van der Waals surface area contributed by atoms with Gasteiger partial charge in [-0.1, -0.05) is 40.5 Å². The Bertz CT molecular complexity index is 324. The summed E-state index contributed by atoms with van der Waals surface area (Å²) in [6, 6.07) is 0. The van der Waals surface area contributed by atoms with Crippen LogP contribution in [0, 0.1) is 28.6 Å². The fourth-order valence-electron chi connectivity index (χ4n) is 5.75. The highest BCUT2D eigenvalue weighted by Crippen LogP contribution is 2.75. The molecule has 0 aliphatic heterocycles. The number of fused-ring (bicyclic) bond motifs is 3. The van der Waals surface area contributed by atoms with E-state index in [1.807, 2.05) is 0 Å². The lowest BCUT2D eigenvalue weighted by Crippen LogP contribution is -2.50. The van der Waals surface area contributed by atoms with Gasteiger partial charge in [-0.15, -0.1) is 5.54 Å². The molecule has 98 valence electrons. The minimum Gasteiger partial charge on any atom is -0.659 e. The van der Waals surface area contributed by atoms with Crippen LogP contribution in [0.25, 0.3) is 5.32 Å². The highest BCUT2D eigenvalue weighted by molar-refractivity contribution is 5.23. The van der Waals surface area contributed by atoms with Crippen LogP contribution in [0.3, 0.4) is 0 Å². The van der Waals surface area contributed by atoms with E-state index < -0.39 is 0 Å². The van der Waals surface area contributed by atoms with E-state index in [-0.39, 0.29) is 5.54 Å². The van der Waals surface area contributed by atoms with Gasteiger partial charge in [0.05, 0.1) is 0 Å². The van der Waals surface area contributed by atoms with Crippen molar-refractivity contribution in [3.63, 3.8) is 0 Å². The molecule has 0 radical (unpaired) electrons. The lowest BCUT2D eigenvalue weighted by molar-refractivity contribution is 0.00604. The van der Waals surface area contributed by atoms with Crippen LogP contribution in [0.1, 0.15) is 59.8 Å². The molecule has 0 heterocycles. The molecule has 0 saturated heterocycles. The molecule has 0 aromatic carbocycles. The van der Waals surface area contributed by atoms with Crippen molar-refractivity contribution in [3.05, 3.63) is 5.32 Å². The van der Waals surface area contributed by atoms with E-state index in [1.54, 1.807) is 0 Å². The van der Waals surface area contributed by atoms with Gasteiger partial charge in [0.25, 0.3) is 0 Å². The molecule has 3 aliphatic rings. The minimum atomic E-state index is 0.268. The van der Waals surface area contributed by atoms with Gasteiger partial charge in [-0.05, 0) is 47.8 Å². The van der Waals surface area contributed by atoms with Crippen molar-refractivity contribution in [2.45, 2.75) is 65.3 Å². The summed E-state index contributed by atoms with van der Waals surface area (Å²) in [5, 5.41) is 4.85. The molecule has 0 aromatic rings. The monoisotopic (exact) mass is 234 g/mol. The van der Waals surface area contributed by atoms with E-state index in [9.17, 15) is 0 Å². The molecule has 3 fully saturated rings. The topological polar surface area (TPSA) is 14.1 Å². The molecule has 1 heteroatoms. The van der Waals surface area contributed by atoms with Gasteiger partial charge in [0, 0.05) is 0 Å². The number of rotatable bonds is 1. The van der Waals surface area contributed by atoms with Crippen molar-refractivity contribution in [1.82, 2.24) is 0 Å². The maximum Gasteiger partial charge on any atom is -0.0289 e.